The van der Waals surface area contributed by atoms with Gasteiger partial charge < -0.3 is 24.1 Å². The summed E-state index contributed by atoms with van der Waals surface area (Å²) in [6, 6.07) is 0. The third-order valence-corrected chi connectivity index (χ3v) is 4.32. The molecule has 154 valence electrons. The Labute approximate surface area is 162 Å². The van der Waals surface area contributed by atoms with E-state index in [1.165, 1.54) is 7.11 Å². The summed E-state index contributed by atoms with van der Waals surface area (Å²) in [6.45, 7) is 3.63. The standard InChI is InChI=1S/C10H17ClO4.C6H9ClO3.FH/c1-10(2)14-7(5-9(12)13-3)4-8(6-11)15-10;7-3-5-1-4(8)2-6(9)10-5;/h7-8H,4-6H2,1-3H3;4-5,8H,1-3H2;1H/t7-,8+;4-,5+;/m11./s1. The van der Waals surface area contributed by atoms with Crippen LogP contribution in [-0.4, -0.2) is 66.1 Å². The van der Waals surface area contributed by atoms with Crippen molar-refractivity contribution in [2.75, 3.05) is 18.9 Å². The molecule has 4 atom stereocenters. The molecule has 26 heavy (non-hydrogen) atoms. The molecule has 7 nitrogen and oxygen atoms in total. The van der Waals surface area contributed by atoms with Crippen LogP contribution in [0, 0.1) is 0 Å². The van der Waals surface area contributed by atoms with Gasteiger partial charge in [0.15, 0.2) is 5.79 Å². The number of esters is 2. The molecule has 1 N–H and O–H groups in total. The second kappa shape index (κ2) is 11.9. The number of halogens is 3. The van der Waals surface area contributed by atoms with Crippen molar-refractivity contribution in [2.24, 2.45) is 0 Å². The Bertz CT molecular complexity index is 450. The van der Waals surface area contributed by atoms with Crippen LogP contribution in [0.4, 0.5) is 4.70 Å². The Hall–Kier alpha value is -0.670. The first-order chi connectivity index (χ1) is 11.7. The Kier molecular flexibility index (Phi) is 11.6. The van der Waals surface area contributed by atoms with Crippen LogP contribution in [0.2, 0.25) is 0 Å². The Morgan fingerprint density at radius 1 is 1.19 bits per heavy atom. The van der Waals surface area contributed by atoms with Crippen molar-refractivity contribution in [2.45, 2.75) is 69.7 Å². The number of alkyl halides is 2. The highest BCUT2D eigenvalue weighted by atomic mass is 35.5. The summed E-state index contributed by atoms with van der Waals surface area (Å²) >= 11 is 11.2. The minimum Gasteiger partial charge on any atom is -0.469 e. The number of aliphatic hydroxyl groups excluding tert-OH is 1. The number of ether oxygens (including phenoxy) is 4. The largest absolute Gasteiger partial charge is 0.469 e. The fourth-order valence-electron chi connectivity index (χ4n) is 2.66. The molecular weight excluding hydrogens is 394 g/mol. The maximum atomic E-state index is 11.1. The molecule has 0 unspecified atom stereocenters. The lowest BCUT2D eigenvalue weighted by Gasteiger charge is -2.39. The highest BCUT2D eigenvalue weighted by Crippen LogP contribution is 2.28. The lowest BCUT2D eigenvalue weighted by atomic mass is 10.1. The molecule has 2 aliphatic rings. The number of cyclic esters (lactones) is 1. The van der Waals surface area contributed by atoms with Gasteiger partial charge >= 0.3 is 11.9 Å². The van der Waals surface area contributed by atoms with Crippen LogP contribution < -0.4 is 0 Å². The third kappa shape index (κ3) is 9.32. The molecule has 0 saturated carbocycles. The van der Waals surface area contributed by atoms with Gasteiger partial charge in [0, 0.05) is 18.7 Å². The van der Waals surface area contributed by atoms with Crippen LogP contribution in [0.5, 0.6) is 0 Å². The van der Waals surface area contributed by atoms with Gasteiger partial charge in [-0.25, -0.2) is 0 Å². The van der Waals surface area contributed by atoms with Crippen molar-refractivity contribution in [3.63, 3.8) is 0 Å². The molecule has 0 aliphatic carbocycles. The Morgan fingerprint density at radius 3 is 2.27 bits per heavy atom. The van der Waals surface area contributed by atoms with Crippen LogP contribution in [0.1, 0.15) is 39.5 Å². The van der Waals surface area contributed by atoms with E-state index in [1.807, 2.05) is 13.8 Å². The molecule has 2 heterocycles. The van der Waals surface area contributed by atoms with Gasteiger partial charge in [0.05, 0.1) is 44.1 Å². The maximum Gasteiger partial charge on any atom is 0.308 e. The van der Waals surface area contributed by atoms with Crippen LogP contribution >= 0.6 is 23.2 Å². The summed E-state index contributed by atoms with van der Waals surface area (Å²) in [5.74, 6) is -0.639. The second-order valence-electron chi connectivity index (χ2n) is 6.41. The summed E-state index contributed by atoms with van der Waals surface area (Å²) in [5.41, 5.74) is 0. The molecule has 0 aromatic carbocycles. The summed E-state index contributed by atoms with van der Waals surface area (Å²) in [7, 11) is 1.37. The molecule has 0 amide bonds. The van der Waals surface area contributed by atoms with Gasteiger partial charge in [-0.05, 0) is 13.8 Å². The van der Waals surface area contributed by atoms with E-state index in [4.69, 9.17) is 42.5 Å². The molecule has 0 radical (unpaired) electrons. The molecule has 2 saturated heterocycles. The summed E-state index contributed by atoms with van der Waals surface area (Å²) in [5, 5.41) is 9.02. The smallest absolute Gasteiger partial charge is 0.308 e. The molecule has 2 aliphatic heterocycles. The normalized spacial score (nSPS) is 30.2. The van der Waals surface area contributed by atoms with Gasteiger partial charge in [0.25, 0.3) is 0 Å². The van der Waals surface area contributed by atoms with E-state index in [0.717, 1.165) is 0 Å². The first-order valence-electron chi connectivity index (χ1n) is 8.11. The zero-order valence-corrected chi connectivity index (χ0v) is 16.6. The average Bonchev–Trinajstić information content (AvgIpc) is 2.52. The zero-order valence-electron chi connectivity index (χ0n) is 15.1. The summed E-state index contributed by atoms with van der Waals surface area (Å²) in [6.07, 6.45) is 0.347. The van der Waals surface area contributed by atoms with E-state index in [2.05, 4.69) is 4.74 Å². The van der Waals surface area contributed by atoms with E-state index in [-0.39, 0.29) is 53.7 Å². The lowest BCUT2D eigenvalue weighted by molar-refractivity contribution is -0.295. The summed E-state index contributed by atoms with van der Waals surface area (Å²) < 4.78 is 20.5. The predicted molar refractivity (Wildman–Crippen MR) is 94.1 cm³/mol. The van der Waals surface area contributed by atoms with Crippen molar-refractivity contribution >= 4 is 35.1 Å². The fourth-order valence-corrected chi connectivity index (χ4v) is 3.04. The maximum absolute atomic E-state index is 11.1. The number of hydrogen-bond acceptors (Lipinski definition) is 7. The third-order valence-electron chi connectivity index (χ3n) is 3.63. The van der Waals surface area contributed by atoms with E-state index >= 15 is 0 Å². The minimum atomic E-state index is -0.684. The van der Waals surface area contributed by atoms with Gasteiger partial charge in [-0.1, -0.05) is 0 Å². The van der Waals surface area contributed by atoms with Crippen molar-refractivity contribution in [1.82, 2.24) is 0 Å². The fraction of sp³-hybridized carbons (Fsp3) is 0.875. The number of carbonyl (C=O) groups excluding carboxylic acids is 2. The first-order valence-corrected chi connectivity index (χ1v) is 9.17. The Morgan fingerprint density at radius 2 is 1.77 bits per heavy atom. The molecule has 0 aromatic rings. The van der Waals surface area contributed by atoms with Crippen molar-refractivity contribution in [1.29, 1.82) is 0 Å². The highest BCUT2D eigenvalue weighted by molar-refractivity contribution is 6.18. The average molecular weight is 421 g/mol. The van der Waals surface area contributed by atoms with Crippen LogP contribution in [-0.2, 0) is 28.5 Å². The molecule has 2 fully saturated rings. The van der Waals surface area contributed by atoms with E-state index < -0.39 is 11.9 Å². The Balaban J connectivity index is 0.000000497. The second-order valence-corrected chi connectivity index (χ2v) is 7.03. The molecular formula is C16H27Cl2FO7. The predicted octanol–water partition coefficient (Wildman–Crippen LogP) is 2.14. The van der Waals surface area contributed by atoms with Gasteiger partial charge in [0.2, 0.25) is 0 Å². The SMILES string of the molecule is COC(=O)C[C@H]1C[C@@H](CCl)OC(C)(C)O1.F.O=C1C[C@H](O)C[C@@H](CCl)O1. The van der Waals surface area contributed by atoms with E-state index in [9.17, 15) is 9.59 Å². The van der Waals surface area contributed by atoms with E-state index in [1.54, 1.807) is 0 Å². The molecule has 0 spiro atoms. The number of hydrogen-bond donors (Lipinski definition) is 1. The van der Waals surface area contributed by atoms with Crippen molar-refractivity contribution in [3.8, 4) is 0 Å². The number of carbonyl (C=O) groups is 2. The van der Waals surface area contributed by atoms with Crippen LogP contribution in [0.25, 0.3) is 0 Å². The van der Waals surface area contributed by atoms with Gasteiger partial charge in [-0.2, -0.15) is 0 Å². The number of methoxy groups -OCH3 is 1. The van der Waals surface area contributed by atoms with Crippen molar-refractivity contribution < 1.29 is 38.3 Å². The topological polar surface area (TPSA) is 91.3 Å². The molecule has 0 aromatic heterocycles. The lowest BCUT2D eigenvalue weighted by Crippen LogP contribution is -2.46. The van der Waals surface area contributed by atoms with Crippen molar-refractivity contribution in [3.05, 3.63) is 0 Å². The highest BCUT2D eigenvalue weighted by Gasteiger charge is 2.36. The quantitative estimate of drug-likeness (QED) is 0.549. The minimum absolute atomic E-state index is 0. The number of aliphatic hydroxyl groups is 1. The number of rotatable bonds is 4. The molecule has 10 heteroatoms. The van der Waals surface area contributed by atoms with Gasteiger partial charge in [-0.15, -0.1) is 23.2 Å². The van der Waals surface area contributed by atoms with Crippen LogP contribution in [0.3, 0.4) is 0 Å². The molecule has 0 bridgehead atoms. The summed E-state index contributed by atoms with van der Waals surface area (Å²) in [4.78, 5) is 21.7. The van der Waals surface area contributed by atoms with Gasteiger partial charge in [-0.3, -0.25) is 14.3 Å². The zero-order chi connectivity index (χ0) is 19.0. The molecule has 2 rings (SSSR count). The first kappa shape index (κ1) is 25.3. The van der Waals surface area contributed by atoms with E-state index in [0.29, 0.717) is 18.7 Å². The monoisotopic (exact) mass is 420 g/mol. The van der Waals surface area contributed by atoms with Crippen LogP contribution in [0.15, 0.2) is 0 Å². The van der Waals surface area contributed by atoms with Gasteiger partial charge in [0.1, 0.15) is 6.10 Å².